The molecular formula is C16H22N2O3. The van der Waals surface area contributed by atoms with Crippen LogP contribution in [0, 0.1) is 12.8 Å². The molecular weight excluding hydrogens is 268 g/mol. The Morgan fingerprint density at radius 1 is 1.33 bits per heavy atom. The Labute approximate surface area is 125 Å². The summed E-state index contributed by atoms with van der Waals surface area (Å²) in [5.41, 5.74) is 1.12. The molecule has 114 valence electrons. The van der Waals surface area contributed by atoms with Crippen LogP contribution in [0.25, 0.3) is 0 Å². The standard InChI is InChI=1S/C16H22N2O3/c1-12-2-3-15(17-10-12)21-14-4-7-18(11-14)16(19)13-5-8-20-9-6-13/h2-3,10,13-14H,4-9,11H2,1H3/t14-/m0/s1. The molecule has 0 N–H and O–H groups in total. The molecule has 5 nitrogen and oxygen atoms in total. The Bertz CT molecular complexity index is 483. The van der Waals surface area contributed by atoms with E-state index in [9.17, 15) is 4.79 Å². The second kappa shape index (κ2) is 6.43. The molecule has 3 rings (SSSR count). The predicted octanol–water partition coefficient (Wildman–Crippen LogP) is 1.80. The third-order valence-corrected chi connectivity index (χ3v) is 4.20. The number of hydrogen-bond donors (Lipinski definition) is 0. The van der Waals surface area contributed by atoms with Gasteiger partial charge in [-0.2, -0.15) is 0 Å². The van der Waals surface area contributed by atoms with Gasteiger partial charge in [0.2, 0.25) is 11.8 Å². The molecule has 0 radical (unpaired) electrons. The van der Waals surface area contributed by atoms with Gasteiger partial charge in [0.05, 0.1) is 6.54 Å². The van der Waals surface area contributed by atoms with Gasteiger partial charge < -0.3 is 14.4 Å². The van der Waals surface area contributed by atoms with Crippen LogP contribution in [-0.4, -0.2) is 48.2 Å². The molecule has 2 aliphatic heterocycles. The summed E-state index contributed by atoms with van der Waals surface area (Å²) in [7, 11) is 0. The fraction of sp³-hybridized carbons (Fsp3) is 0.625. The van der Waals surface area contributed by atoms with Gasteiger partial charge in [-0.15, -0.1) is 0 Å². The maximum atomic E-state index is 12.4. The van der Waals surface area contributed by atoms with Crippen molar-refractivity contribution in [3.8, 4) is 5.88 Å². The van der Waals surface area contributed by atoms with Gasteiger partial charge in [-0.25, -0.2) is 4.98 Å². The minimum absolute atomic E-state index is 0.0593. The number of aryl methyl sites for hydroxylation is 1. The summed E-state index contributed by atoms with van der Waals surface area (Å²) < 4.78 is 11.2. The van der Waals surface area contributed by atoms with Crippen LogP contribution in [0.2, 0.25) is 0 Å². The number of hydrogen-bond acceptors (Lipinski definition) is 4. The van der Waals surface area contributed by atoms with Crippen molar-refractivity contribution in [1.29, 1.82) is 0 Å². The first-order chi connectivity index (χ1) is 10.2. The van der Waals surface area contributed by atoms with E-state index in [-0.39, 0.29) is 17.9 Å². The summed E-state index contributed by atoms with van der Waals surface area (Å²) in [6.45, 7) is 4.87. The van der Waals surface area contributed by atoms with E-state index in [4.69, 9.17) is 9.47 Å². The molecule has 0 aromatic carbocycles. The predicted molar refractivity (Wildman–Crippen MR) is 78.1 cm³/mol. The highest BCUT2D eigenvalue weighted by molar-refractivity contribution is 5.79. The molecule has 5 heteroatoms. The topological polar surface area (TPSA) is 51.7 Å². The number of pyridine rings is 1. The lowest BCUT2D eigenvalue weighted by Crippen LogP contribution is -2.38. The van der Waals surface area contributed by atoms with E-state index in [0.29, 0.717) is 25.6 Å². The molecule has 2 fully saturated rings. The molecule has 2 saturated heterocycles. The van der Waals surface area contributed by atoms with Crippen LogP contribution in [0.3, 0.4) is 0 Å². The lowest BCUT2D eigenvalue weighted by atomic mass is 9.99. The lowest BCUT2D eigenvalue weighted by Gasteiger charge is -2.26. The summed E-state index contributed by atoms with van der Waals surface area (Å²) in [5, 5.41) is 0. The highest BCUT2D eigenvalue weighted by Crippen LogP contribution is 2.22. The second-order valence-corrected chi connectivity index (χ2v) is 5.87. The van der Waals surface area contributed by atoms with Gasteiger partial charge in [0.15, 0.2) is 0 Å². The summed E-state index contributed by atoms with van der Waals surface area (Å²) in [5.74, 6) is 1.04. The maximum Gasteiger partial charge on any atom is 0.225 e. The van der Waals surface area contributed by atoms with Gasteiger partial charge in [-0.1, -0.05) is 6.07 Å². The number of likely N-dealkylation sites (tertiary alicyclic amines) is 1. The van der Waals surface area contributed by atoms with Crippen LogP contribution in [-0.2, 0) is 9.53 Å². The first-order valence-corrected chi connectivity index (χ1v) is 7.68. The highest BCUT2D eigenvalue weighted by Gasteiger charge is 2.32. The van der Waals surface area contributed by atoms with Gasteiger partial charge in [-0.05, 0) is 25.3 Å². The summed E-state index contributed by atoms with van der Waals surface area (Å²) >= 11 is 0. The zero-order valence-corrected chi connectivity index (χ0v) is 12.5. The Morgan fingerprint density at radius 3 is 2.86 bits per heavy atom. The molecule has 21 heavy (non-hydrogen) atoms. The zero-order chi connectivity index (χ0) is 14.7. The van der Waals surface area contributed by atoms with Crippen molar-refractivity contribution in [2.75, 3.05) is 26.3 Å². The van der Waals surface area contributed by atoms with E-state index in [1.165, 1.54) is 0 Å². The van der Waals surface area contributed by atoms with E-state index in [1.807, 2.05) is 24.0 Å². The minimum atomic E-state index is 0.0593. The Kier molecular flexibility index (Phi) is 4.39. The van der Waals surface area contributed by atoms with Gasteiger partial charge in [-0.3, -0.25) is 4.79 Å². The number of aromatic nitrogens is 1. The SMILES string of the molecule is Cc1ccc(O[C@H]2CCN(C(=O)C3CCOCC3)C2)nc1. The normalized spacial score (nSPS) is 23.3. The molecule has 0 bridgehead atoms. The van der Waals surface area contributed by atoms with Crippen LogP contribution >= 0.6 is 0 Å². The number of carbonyl (C=O) groups is 1. The third kappa shape index (κ3) is 3.53. The smallest absolute Gasteiger partial charge is 0.225 e. The number of carbonyl (C=O) groups excluding carboxylic acids is 1. The monoisotopic (exact) mass is 290 g/mol. The lowest BCUT2D eigenvalue weighted by molar-refractivity contribution is -0.137. The summed E-state index contributed by atoms with van der Waals surface area (Å²) in [4.78, 5) is 18.6. The van der Waals surface area contributed by atoms with Crippen molar-refractivity contribution in [2.24, 2.45) is 5.92 Å². The van der Waals surface area contributed by atoms with Crippen LogP contribution < -0.4 is 4.74 Å². The van der Waals surface area contributed by atoms with E-state index < -0.39 is 0 Å². The van der Waals surface area contributed by atoms with E-state index in [2.05, 4.69) is 4.98 Å². The first kappa shape index (κ1) is 14.3. The minimum Gasteiger partial charge on any atom is -0.472 e. The number of nitrogens with zero attached hydrogens (tertiary/aromatic N) is 2. The molecule has 0 spiro atoms. The van der Waals surface area contributed by atoms with Crippen LogP contribution in [0.5, 0.6) is 5.88 Å². The van der Waals surface area contributed by atoms with Gasteiger partial charge in [0, 0.05) is 44.4 Å². The molecule has 1 aromatic rings. The van der Waals surface area contributed by atoms with Crippen molar-refractivity contribution >= 4 is 5.91 Å². The van der Waals surface area contributed by atoms with Crippen molar-refractivity contribution in [3.05, 3.63) is 23.9 Å². The molecule has 2 aliphatic rings. The largest absolute Gasteiger partial charge is 0.472 e. The molecule has 3 heterocycles. The number of amides is 1. The molecule has 1 aromatic heterocycles. The fourth-order valence-corrected chi connectivity index (χ4v) is 2.92. The van der Waals surface area contributed by atoms with Gasteiger partial charge in [0.25, 0.3) is 0 Å². The Balaban J connectivity index is 1.52. The summed E-state index contributed by atoms with van der Waals surface area (Å²) in [6, 6.07) is 3.88. The van der Waals surface area contributed by atoms with Gasteiger partial charge in [0.1, 0.15) is 6.10 Å². The van der Waals surface area contributed by atoms with Gasteiger partial charge >= 0.3 is 0 Å². The zero-order valence-electron chi connectivity index (χ0n) is 12.5. The Morgan fingerprint density at radius 2 is 2.14 bits per heavy atom. The molecule has 0 saturated carbocycles. The third-order valence-electron chi connectivity index (χ3n) is 4.20. The van der Waals surface area contributed by atoms with Crippen molar-refractivity contribution in [2.45, 2.75) is 32.3 Å². The van der Waals surface area contributed by atoms with E-state index >= 15 is 0 Å². The van der Waals surface area contributed by atoms with Crippen molar-refractivity contribution < 1.29 is 14.3 Å². The quantitative estimate of drug-likeness (QED) is 0.852. The fourth-order valence-electron chi connectivity index (χ4n) is 2.92. The maximum absolute atomic E-state index is 12.4. The highest BCUT2D eigenvalue weighted by atomic mass is 16.5. The average molecular weight is 290 g/mol. The van der Waals surface area contributed by atoms with Crippen molar-refractivity contribution in [3.63, 3.8) is 0 Å². The number of ether oxygens (including phenoxy) is 2. The molecule has 0 aliphatic carbocycles. The van der Waals surface area contributed by atoms with Crippen LogP contribution in [0.1, 0.15) is 24.8 Å². The number of rotatable bonds is 3. The average Bonchev–Trinajstić information content (AvgIpc) is 2.98. The second-order valence-electron chi connectivity index (χ2n) is 5.87. The van der Waals surface area contributed by atoms with Crippen LogP contribution in [0.15, 0.2) is 18.3 Å². The first-order valence-electron chi connectivity index (χ1n) is 7.68. The molecule has 1 amide bonds. The molecule has 1 atom stereocenters. The van der Waals surface area contributed by atoms with Crippen molar-refractivity contribution in [1.82, 2.24) is 9.88 Å². The van der Waals surface area contributed by atoms with Crippen LogP contribution in [0.4, 0.5) is 0 Å². The summed E-state index contributed by atoms with van der Waals surface area (Å²) in [6.07, 6.45) is 4.43. The van der Waals surface area contributed by atoms with E-state index in [1.54, 1.807) is 6.20 Å². The van der Waals surface area contributed by atoms with E-state index in [0.717, 1.165) is 31.4 Å². The Hall–Kier alpha value is -1.62. The molecule has 0 unspecified atom stereocenters.